The summed E-state index contributed by atoms with van der Waals surface area (Å²) in [6.45, 7) is 11.2. The Hall–Kier alpha value is -3.63. The first-order valence-electron chi connectivity index (χ1n) is 13.9. The molecule has 0 saturated carbocycles. The van der Waals surface area contributed by atoms with Crippen molar-refractivity contribution in [3.05, 3.63) is 35.4 Å². The lowest BCUT2D eigenvalue weighted by atomic mass is 10.00. The maximum Gasteiger partial charge on any atom is 0.408 e. The van der Waals surface area contributed by atoms with E-state index in [-0.39, 0.29) is 39.0 Å². The van der Waals surface area contributed by atoms with Crippen molar-refractivity contribution < 1.29 is 33.4 Å². The van der Waals surface area contributed by atoms with E-state index >= 15 is 0 Å². The van der Waals surface area contributed by atoms with Crippen molar-refractivity contribution in [3.63, 3.8) is 0 Å². The standard InChI is InChI=1S/C29H46N4O7/c1-7-9-10-19-33(27(37)22(15-16-23(30)34)32-28(38)40-29(4,5)6)25(21-13-11-20(3)12-14-21)26(36)31-18-17-24(35)39-8-2/h11-14,22,25H,7-10,15-19H2,1-6H3,(H2,30,34)(H,31,36)(H,32,38). The summed E-state index contributed by atoms with van der Waals surface area (Å²) in [7, 11) is 0. The molecule has 0 aliphatic heterocycles. The highest BCUT2D eigenvalue weighted by molar-refractivity contribution is 5.92. The fourth-order valence-electron chi connectivity index (χ4n) is 3.93. The Bertz CT molecular complexity index is 989. The summed E-state index contributed by atoms with van der Waals surface area (Å²) in [5, 5.41) is 5.33. The van der Waals surface area contributed by atoms with Crippen LogP contribution in [0.2, 0.25) is 0 Å². The Morgan fingerprint density at radius 2 is 1.65 bits per heavy atom. The molecule has 0 heterocycles. The van der Waals surface area contributed by atoms with E-state index in [2.05, 4.69) is 10.6 Å². The SMILES string of the molecule is CCCCCN(C(=O)C(CCC(N)=O)NC(=O)OC(C)(C)C)C(C(=O)NCCC(=O)OCC)c1ccc(C)cc1. The van der Waals surface area contributed by atoms with Gasteiger partial charge < -0.3 is 30.7 Å². The number of nitrogens with one attached hydrogen (secondary N) is 2. The van der Waals surface area contributed by atoms with Crippen LogP contribution in [0, 0.1) is 6.92 Å². The number of amides is 4. The van der Waals surface area contributed by atoms with E-state index in [0.717, 1.165) is 18.4 Å². The molecule has 0 bridgehead atoms. The minimum absolute atomic E-state index is 0.0224. The van der Waals surface area contributed by atoms with Crippen LogP contribution in [0.5, 0.6) is 0 Å². The summed E-state index contributed by atoms with van der Waals surface area (Å²) in [4.78, 5) is 65.1. The van der Waals surface area contributed by atoms with E-state index in [4.69, 9.17) is 15.2 Å². The van der Waals surface area contributed by atoms with Crippen molar-refractivity contribution >= 4 is 29.8 Å². The van der Waals surface area contributed by atoms with Gasteiger partial charge in [-0.3, -0.25) is 19.2 Å². The zero-order valence-corrected chi connectivity index (χ0v) is 24.7. The predicted molar refractivity (Wildman–Crippen MR) is 151 cm³/mol. The van der Waals surface area contributed by atoms with Crippen LogP contribution >= 0.6 is 0 Å². The predicted octanol–water partition coefficient (Wildman–Crippen LogP) is 3.28. The van der Waals surface area contributed by atoms with Crippen molar-refractivity contribution in [1.29, 1.82) is 0 Å². The van der Waals surface area contributed by atoms with Gasteiger partial charge in [0, 0.05) is 19.5 Å². The fraction of sp³-hybridized carbons (Fsp3) is 0.621. The van der Waals surface area contributed by atoms with Gasteiger partial charge in [0.05, 0.1) is 13.0 Å². The summed E-state index contributed by atoms with van der Waals surface area (Å²) < 4.78 is 10.3. The molecule has 224 valence electrons. The Balaban J connectivity index is 3.42. The van der Waals surface area contributed by atoms with Crippen LogP contribution in [0.3, 0.4) is 0 Å². The first-order valence-corrected chi connectivity index (χ1v) is 13.9. The number of esters is 1. The number of ether oxygens (including phenoxy) is 2. The molecule has 1 aromatic rings. The quantitative estimate of drug-likeness (QED) is 0.206. The maximum atomic E-state index is 14.1. The number of carbonyl (C=O) groups is 5. The van der Waals surface area contributed by atoms with Gasteiger partial charge in [-0.25, -0.2) is 4.79 Å². The molecule has 0 aromatic heterocycles. The normalized spacial score (nSPS) is 12.6. The topological polar surface area (TPSA) is 157 Å². The highest BCUT2D eigenvalue weighted by atomic mass is 16.6. The van der Waals surface area contributed by atoms with Gasteiger partial charge in [0.15, 0.2) is 0 Å². The number of hydrogen-bond acceptors (Lipinski definition) is 7. The van der Waals surface area contributed by atoms with Crippen molar-refractivity contribution in [2.45, 2.75) is 97.8 Å². The van der Waals surface area contributed by atoms with Crippen molar-refractivity contribution in [2.24, 2.45) is 5.73 Å². The van der Waals surface area contributed by atoms with Gasteiger partial charge in [-0.05, 0) is 53.0 Å². The Labute approximate surface area is 237 Å². The number of rotatable bonds is 16. The van der Waals surface area contributed by atoms with Crippen molar-refractivity contribution in [3.8, 4) is 0 Å². The second-order valence-corrected chi connectivity index (χ2v) is 10.6. The van der Waals surface area contributed by atoms with E-state index in [1.807, 2.05) is 26.0 Å². The number of benzene rings is 1. The zero-order valence-electron chi connectivity index (χ0n) is 24.7. The van der Waals surface area contributed by atoms with Crippen LogP contribution < -0.4 is 16.4 Å². The molecule has 4 N–H and O–H groups in total. The summed E-state index contributed by atoms with van der Waals surface area (Å²) in [5.41, 5.74) is 6.08. The molecule has 40 heavy (non-hydrogen) atoms. The second kappa shape index (κ2) is 17.1. The minimum atomic E-state index is -1.16. The molecule has 0 radical (unpaired) electrons. The van der Waals surface area contributed by atoms with Crippen LogP contribution in [0.1, 0.15) is 90.3 Å². The third kappa shape index (κ3) is 12.9. The first-order chi connectivity index (χ1) is 18.8. The zero-order chi connectivity index (χ0) is 30.3. The molecule has 4 amide bonds. The lowest BCUT2D eigenvalue weighted by molar-refractivity contribution is -0.144. The van der Waals surface area contributed by atoms with Gasteiger partial charge in [0.25, 0.3) is 0 Å². The lowest BCUT2D eigenvalue weighted by Crippen LogP contribution is -2.53. The number of primary amides is 1. The second-order valence-electron chi connectivity index (χ2n) is 10.6. The Morgan fingerprint density at radius 3 is 2.20 bits per heavy atom. The Kier molecular flexibility index (Phi) is 14.7. The van der Waals surface area contributed by atoms with E-state index in [1.165, 1.54) is 4.90 Å². The number of nitrogens with zero attached hydrogens (tertiary/aromatic N) is 1. The van der Waals surface area contributed by atoms with Crippen LogP contribution in [-0.4, -0.2) is 66.0 Å². The van der Waals surface area contributed by atoms with Crippen LogP contribution in [0.4, 0.5) is 4.79 Å². The molecule has 2 unspecified atom stereocenters. The van der Waals surface area contributed by atoms with Crippen LogP contribution in [0.25, 0.3) is 0 Å². The average molecular weight is 563 g/mol. The van der Waals surface area contributed by atoms with Crippen molar-refractivity contribution in [2.75, 3.05) is 19.7 Å². The average Bonchev–Trinajstić information content (AvgIpc) is 2.85. The summed E-state index contributed by atoms with van der Waals surface area (Å²) in [6.07, 6.45) is 1.22. The minimum Gasteiger partial charge on any atom is -0.466 e. The van der Waals surface area contributed by atoms with E-state index in [1.54, 1.807) is 39.8 Å². The van der Waals surface area contributed by atoms with Crippen LogP contribution in [-0.2, 0) is 28.7 Å². The third-order valence-corrected chi connectivity index (χ3v) is 5.84. The molecule has 11 nitrogen and oxygen atoms in total. The summed E-state index contributed by atoms with van der Waals surface area (Å²) in [5.74, 6) is -2.11. The van der Waals surface area contributed by atoms with E-state index < -0.39 is 47.5 Å². The molecule has 11 heteroatoms. The highest BCUT2D eigenvalue weighted by Gasteiger charge is 2.36. The molecule has 0 fully saturated rings. The van der Waals surface area contributed by atoms with Gasteiger partial charge in [0.2, 0.25) is 17.7 Å². The number of alkyl carbamates (subject to hydrolysis) is 1. The first kappa shape index (κ1) is 34.4. The van der Waals surface area contributed by atoms with Gasteiger partial charge in [-0.2, -0.15) is 0 Å². The molecule has 2 atom stereocenters. The number of unbranched alkanes of at least 4 members (excludes halogenated alkanes) is 2. The molecule has 0 spiro atoms. The fourth-order valence-corrected chi connectivity index (χ4v) is 3.93. The number of carbonyl (C=O) groups excluding carboxylic acids is 5. The number of hydrogen-bond donors (Lipinski definition) is 3. The molecular formula is C29H46N4O7. The van der Waals surface area contributed by atoms with Crippen molar-refractivity contribution in [1.82, 2.24) is 15.5 Å². The van der Waals surface area contributed by atoms with E-state index in [0.29, 0.717) is 12.0 Å². The smallest absolute Gasteiger partial charge is 0.408 e. The lowest BCUT2D eigenvalue weighted by Gasteiger charge is -2.34. The van der Waals surface area contributed by atoms with Gasteiger partial charge in [-0.15, -0.1) is 0 Å². The molecular weight excluding hydrogens is 516 g/mol. The summed E-state index contributed by atoms with van der Waals surface area (Å²) in [6, 6.07) is 5.00. The largest absolute Gasteiger partial charge is 0.466 e. The maximum absolute atomic E-state index is 14.1. The molecule has 0 saturated heterocycles. The molecule has 1 aromatic carbocycles. The molecule has 0 aliphatic rings. The highest BCUT2D eigenvalue weighted by Crippen LogP contribution is 2.25. The summed E-state index contributed by atoms with van der Waals surface area (Å²) >= 11 is 0. The van der Waals surface area contributed by atoms with Gasteiger partial charge in [-0.1, -0.05) is 49.6 Å². The van der Waals surface area contributed by atoms with Gasteiger partial charge >= 0.3 is 12.1 Å². The monoisotopic (exact) mass is 562 g/mol. The number of aryl methyl sites for hydroxylation is 1. The Morgan fingerprint density at radius 1 is 1.00 bits per heavy atom. The third-order valence-electron chi connectivity index (χ3n) is 5.84. The van der Waals surface area contributed by atoms with Gasteiger partial charge in [0.1, 0.15) is 17.7 Å². The number of nitrogens with two attached hydrogens (primary N) is 1. The van der Waals surface area contributed by atoms with E-state index in [9.17, 15) is 24.0 Å². The molecule has 1 rings (SSSR count). The molecule has 0 aliphatic carbocycles. The van der Waals surface area contributed by atoms with Crippen LogP contribution in [0.15, 0.2) is 24.3 Å².